The number of nitrogens with zero attached hydrogens (tertiary/aromatic N) is 2. The van der Waals surface area contributed by atoms with Crippen LogP contribution < -0.4 is 5.32 Å². The lowest BCUT2D eigenvalue weighted by atomic mass is 10.2. The maximum Gasteiger partial charge on any atom is 0.434 e. The van der Waals surface area contributed by atoms with Gasteiger partial charge in [-0.3, -0.25) is 4.79 Å². The number of nitrogens with one attached hydrogen (secondary N) is 1. The summed E-state index contributed by atoms with van der Waals surface area (Å²) in [5.41, 5.74) is -0.980. The lowest BCUT2D eigenvalue weighted by Crippen LogP contribution is -2.26. The van der Waals surface area contributed by atoms with E-state index in [1.54, 1.807) is 0 Å². The van der Waals surface area contributed by atoms with Gasteiger partial charge in [0, 0.05) is 24.5 Å². The van der Waals surface area contributed by atoms with Crippen molar-refractivity contribution >= 4 is 23.2 Å². The fourth-order valence-corrected chi connectivity index (χ4v) is 2.40. The van der Waals surface area contributed by atoms with E-state index in [9.17, 15) is 22.8 Å². The van der Waals surface area contributed by atoms with Gasteiger partial charge in [0.05, 0.1) is 10.6 Å². The van der Waals surface area contributed by atoms with Gasteiger partial charge in [0.1, 0.15) is 5.69 Å². The molecule has 2 aromatic heterocycles. The molecule has 0 aliphatic carbocycles. The Morgan fingerprint density at radius 1 is 1.30 bits per heavy atom. The van der Waals surface area contributed by atoms with Gasteiger partial charge in [0.15, 0.2) is 5.69 Å². The van der Waals surface area contributed by atoms with Crippen molar-refractivity contribution < 1.29 is 27.9 Å². The third-order valence-electron chi connectivity index (χ3n) is 2.71. The number of pyridine rings is 1. The molecule has 2 rings (SSSR count). The molecule has 0 radical (unpaired) electrons. The van der Waals surface area contributed by atoms with Crippen molar-refractivity contribution in [1.82, 2.24) is 15.3 Å². The average Bonchev–Trinajstić information content (AvgIpc) is 2.96. The van der Waals surface area contributed by atoms with Crippen LogP contribution in [0, 0.1) is 0 Å². The summed E-state index contributed by atoms with van der Waals surface area (Å²) in [5, 5.41) is 12.4. The first-order valence-electron chi connectivity index (χ1n) is 6.26. The molecule has 10 heteroatoms. The van der Waals surface area contributed by atoms with Crippen molar-refractivity contribution in [3.8, 4) is 0 Å². The quantitative estimate of drug-likeness (QED) is 0.867. The molecule has 0 atom stereocenters. The number of aromatic carboxylic acids is 1. The highest BCUT2D eigenvalue weighted by Crippen LogP contribution is 2.29. The van der Waals surface area contributed by atoms with Crippen molar-refractivity contribution in [3.05, 3.63) is 45.7 Å². The highest BCUT2D eigenvalue weighted by molar-refractivity contribution is 7.09. The number of amides is 1. The molecule has 6 nitrogen and oxygen atoms in total. The van der Waals surface area contributed by atoms with E-state index in [1.807, 2.05) is 0 Å². The topological polar surface area (TPSA) is 92.2 Å². The van der Waals surface area contributed by atoms with Crippen LogP contribution in [0.4, 0.5) is 13.2 Å². The zero-order chi connectivity index (χ0) is 17.0. The van der Waals surface area contributed by atoms with Crippen LogP contribution in [-0.4, -0.2) is 33.5 Å². The van der Waals surface area contributed by atoms with E-state index in [1.165, 1.54) is 12.1 Å². The normalized spacial score (nSPS) is 11.3. The minimum Gasteiger partial charge on any atom is -0.477 e. The number of rotatable bonds is 5. The van der Waals surface area contributed by atoms with Gasteiger partial charge in [0.25, 0.3) is 5.91 Å². The molecule has 0 saturated heterocycles. The zero-order valence-corrected chi connectivity index (χ0v) is 12.2. The molecule has 2 N–H and O–H groups in total. The number of carbonyl (C=O) groups is 2. The molecule has 23 heavy (non-hydrogen) atoms. The van der Waals surface area contributed by atoms with E-state index < -0.39 is 23.7 Å². The number of halogens is 3. The van der Waals surface area contributed by atoms with E-state index in [0.29, 0.717) is 0 Å². The third-order valence-corrected chi connectivity index (χ3v) is 3.62. The summed E-state index contributed by atoms with van der Waals surface area (Å²) >= 11 is 0.869. The summed E-state index contributed by atoms with van der Waals surface area (Å²) < 4.78 is 37.2. The molecule has 0 bridgehead atoms. The fraction of sp³-hybridized carbons (Fsp3) is 0.231. The predicted octanol–water partition coefficient (Wildman–Crippen LogP) is 2.23. The van der Waals surface area contributed by atoms with Gasteiger partial charge in [-0.15, -0.1) is 11.3 Å². The van der Waals surface area contributed by atoms with E-state index in [-0.39, 0.29) is 29.2 Å². The molecule has 0 spiro atoms. The summed E-state index contributed by atoms with van der Waals surface area (Å²) in [4.78, 5) is 29.5. The fourth-order valence-electron chi connectivity index (χ4n) is 1.60. The highest BCUT2D eigenvalue weighted by Gasteiger charge is 2.33. The summed E-state index contributed by atoms with van der Waals surface area (Å²) in [5.74, 6) is -1.71. The molecule has 2 heterocycles. The second-order valence-corrected chi connectivity index (χ2v) is 5.31. The Balaban J connectivity index is 1.87. The van der Waals surface area contributed by atoms with Crippen molar-refractivity contribution in [2.45, 2.75) is 12.6 Å². The Morgan fingerprint density at radius 3 is 2.57 bits per heavy atom. The van der Waals surface area contributed by atoms with Crippen LogP contribution in [-0.2, 0) is 12.6 Å². The molecule has 122 valence electrons. The molecule has 2 aromatic rings. The SMILES string of the molecule is O=C(NCCc1nc(C(F)(F)F)cs1)c1ccc(C(=O)O)nc1. The Bertz CT molecular complexity index is 713. The summed E-state index contributed by atoms with van der Waals surface area (Å²) in [6, 6.07) is 2.49. The number of hydrogen-bond donors (Lipinski definition) is 2. The Labute approximate surface area is 132 Å². The Hall–Kier alpha value is -2.49. The molecule has 0 aliphatic heterocycles. The molecule has 0 aliphatic rings. The minimum atomic E-state index is -4.48. The maximum absolute atomic E-state index is 12.4. The Morgan fingerprint density at radius 2 is 2.04 bits per heavy atom. The summed E-state index contributed by atoms with van der Waals surface area (Å²) in [6.45, 7) is 0.102. The van der Waals surface area contributed by atoms with Crippen LogP contribution >= 0.6 is 11.3 Å². The smallest absolute Gasteiger partial charge is 0.434 e. The second kappa shape index (κ2) is 6.73. The van der Waals surface area contributed by atoms with Crippen LogP contribution in [0.2, 0.25) is 0 Å². The Kier molecular flexibility index (Phi) is 4.94. The number of carboxylic acids is 1. The standard InChI is InChI=1S/C13H10F3N3O3S/c14-13(15,16)9-6-23-10(19-9)3-4-17-11(20)7-1-2-8(12(21)22)18-5-7/h1-2,5-6H,3-4H2,(H,17,20)(H,21,22). The van der Waals surface area contributed by atoms with Gasteiger partial charge in [-0.1, -0.05) is 0 Å². The van der Waals surface area contributed by atoms with Gasteiger partial charge in [-0.05, 0) is 12.1 Å². The van der Waals surface area contributed by atoms with Crippen molar-refractivity contribution in [1.29, 1.82) is 0 Å². The summed E-state index contributed by atoms with van der Waals surface area (Å²) in [7, 11) is 0. The van der Waals surface area contributed by atoms with E-state index >= 15 is 0 Å². The van der Waals surface area contributed by atoms with Crippen LogP contribution in [0.25, 0.3) is 0 Å². The second-order valence-electron chi connectivity index (χ2n) is 4.37. The van der Waals surface area contributed by atoms with Crippen molar-refractivity contribution in [3.63, 3.8) is 0 Å². The highest BCUT2D eigenvalue weighted by atomic mass is 32.1. The first kappa shape index (κ1) is 16.9. The predicted molar refractivity (Wildman–Crippen MR) is 74.3 cm³/mol. The van der Waals surface area contributed by atoms with E-state index in [0.717, 1.165) is 22.9 Å². The van der Waals surface area contributed by atoms with Crippen LogP contribution in [0.15, 0.2) is 23.7 Å². The molecular formula is C13H10F3N3O3S. The molecular weight excluding hydrogens is 335 g/mol. The van der Waals surface area contributed by atoms with Gasteiger partial charge in [-0.2, -0.15) is 13.2 Å². The monoisotopic (exact) mass is 345 g/mol. The first-order valence-corrected chi connectivity index (χ1v) is 7.14. The summed E-state index contributed by atoms with van der Waals surface area (Å²) in [6.07, 6.45) is -3.20. The third kappa shape index (κ3) is 4.49. The number of alkyl halides is 3. The number of carboxylic acid groups (broad SMARTS) is 1. The first-order chi connectivity index (χ1) is 10.8. The van der Waals surface area contributed by atoms with E-state index in [4.69, 9.17) is 5.11 Å². The van der Waals surface area contributed by atoms with Crippen molar-refractivity contribution in [2.24, 2.45) is 0 Å². The van der Waals surface area contributed by atoms with Gasteiger partial charge in [0.2, 0.25) is 0 Å². The van der Waals surface area contributed by atoms with Crippen molar-refractivity contribution in [2.75, 3.05) is 6.54 Å². The minimum absolute atomic E-state index is 0.102. The largest absolute Gasteiger partial charge is 0.477 e. The lowest BCUT2D eigenvalue weighted by Gasteiger charge is -2.04. The number of aromatic nitrogens is 2. The van der Waals surface area contributed by atoms with Crippen LogP contribution in [0.5, 0.6) is 0 Å². The van der Waals surface area contributed by atoms with Gasteiger partial charge in [-0.25, -0.2) is 14.8 Å². The zero-order valence-electron chi connectivity index (χ0n) is 11.4. The molecule has 0 fully saturated rings. The van der Waals surface area contributed by atoms with Gasteiger partial charge < -0.3 is 10.4 Å². The molecule has 0 saturated carbocycles. The number of carbonyl (C=O) groups excluding carboxylic acids is 1. The maximum atomic E-state index is 12.4. The molecule has 0 aromatic carbocycles. The van der Waals surface area contributed by atoms with Crippen LogP contribution in [0.1, 0.15) is 31.5 Å². The number of thiazole rings is 1. The van der Waals surface area contributed by atoms with E-state index in [2.05, 4.69) is 15.3 Å². The number of hydrogen-bond acceptors (Lipinski definition) is 5. The molecule has 0 unspecified atom stereocenters. The average molecular weight is 345 g/mol. The molecule has 1 amide bonds. The van der Waals surface area contributed by atoms with Gasteiger partial charge >= 0.3 is 12.1 Å². The van der Waals surface area contributed by atoms with Crippen LogP contribution in [0.3, 0.4) is 0 Å². The lowest BCUT2D eigenvalue weighted by molar-refractivity contribution is -0.140.